The molecule has 0 fully saturated rings. The Balaban J connectivity index is 1.61. The number of hydrazone groups is 1. The molecule has 7 nitrogen and oxygen atoms in total. The highest BCUT2D eigenvalue weighted by molar-refractivity contribution is 5.95. The number of nitrogens with zero attached hydrogens (tertiary/aromatic N) is 2. The van der Waals surface area contributed by atoms with E-state index in [1.807, 2.05) is 25.1 Å². The summed E-state index contributed by atoms with van der Waals surface area (Å²) in [6, 6.07) is 19.4. The van der Waals surface area contributed by atoms with Crippen LogP contribution in [0.2, 0.25) is 0 Å². The summed E-state index contributed by atoms with van der Waals surface area (Å²) in [5.74, 6) is 0.814. The number of para-hydroxylation sites is 1. The van der Waals surface area contributed by atoms with Gasteiger partial charge in [-0.3, -0.25) is 14.9 Å². The number of amides is 1. The van der Waals surface area contributed by atoms with Crippen molar-refractivity contribution >= 4 is 17.8 Å². The standard InChI is InChI=1S/C25H25N3O4/c1-17(2)22-13-8-18(3)14-24(22)32-16-19-9-11-20(12-10-19)25(29)27-26-15-21-6-4-5-7-23(21)28(30)31/h4-15,17H,16H2,1-3H3,(H,27,29). The lowest BCUT2D eigenvalue weighted by atomic mass is 10.0. The smallest absolute Gasteiger partial charge is 0.278 e. The molecule has 3 aromatic rings. The number of nitro groups is 1. The Hall–Kier alpha value is -4.00. The van der Waals surface area contributed by atoms with Crippen LogP contribution in [0.4, 0.5) is 5.69 Å². The van der Waals surface area contributed by atoms with Gasteiger partial charge in [0, 0.05) is 11.6 Å². The maximum Gasteiger partial charge on any atom is 0.278 e. The van der Waals surface area contributed by atoms with Crippen molar-refractivity contribution in [2.24, 2.45) is 5.10 Å². The Morgan fingerprint density at radius 1 is 1.12 bits per heavy atom. The number of nitrogens with one attached hydrogen (secondary N) is 1. The quantitative estimate of drug-likeness (QED) is 0.295. The summed E-state index contributed by atoms with van der Waals surface area (Å²) < 4.78 is 6.03. The molecule has 0 unspecified atom stereocenters. The van der Waals surface area contributed by atoms with E-state index in [1.165, 1.54) is 12.3 Å². The zero-order valence-corrected chi connectivity index (χ0v) is 18.2. The normalized spacial score (nSPS) is 11.0. The van der Waals surface area contributed by atoms with Crippen LogP contribution in [-0.4, -0.2) is 17.0 Å². The summed E-state index contributed by atoms with van der Waals surface area (Å²) in [6.45, 7) is 6.68. The van der Waals surface area contributed by atoms with Crippen molar-refractivity contribution in [2.75, 3.05) is 0 Å². The van der Waals surface area contributed by atoms with Crippen molar-refractivity contribution in [1.82, 2.24) is 5.43 Å². The minimum atomic E-state index is -0.495. The van der Waals surface area contributed by atoms with E-state index < -0.39 is 10.8 Å². The van der Waals surface area contributed by atoms with E-state index in [2.05, 4.69) is 36.5 Å². The molecule has 0 saturated carbocycles. The second-order valence-corrected chi connectivity index (χ2v) is 7.70. The molecule has 1 N–H and O–H groups in total. The van der Waals surface area contributed by atoms with Gasteiger partial charge in [-0.15, -0.1) is 0 Å². The lowest BCUT2D eigenvalue weighted by Crippen LogP contribution is -2.17. The van der Waals surface area contributed by atoms with Crippen molar-refractivity contribution in [2.45, 2.75) is 33.3 Å². The molecule has 1 amide bonds. The van der Waals surface area contributed by atoms with Crippen LogP contribution in [0.1, 0.15) is 52.4 Å². The van der Waals surface area contributed by atoms with E-state index in [0.717, 1.165) is 22.4 Å². The van der Waals surface area contributed by atoms with Gasteiger partial charge in [-0.05, 0) is 53.8 Å². The van der Waals surface area contributed by atoms with Crippen molar-refractivity contribution < 1.29 is 14.5 Å². The van der Waals surface area contributed by atoms with E-state index in [0.29, 0.717) is 23.7 Å². The first-order valence-electron chi connectivity index (χ1n) is 10.2. The molecule has 0 aromatic heterocycles. The predicted octanol–water partition coefficient (Wildman–Crippen LogP) is 5.37. The number of aryl methyl sites for hydroxylation is 1. The third-order valence-corrected chi connectivity index (χ3v) is 4.90. The molecular weight excluding hydrogens is 406 g/mol. The molecule has 3 aromatic carbocycles. The van der Waals surface area contributed by atoms with Crippen molar-refractivity contribution in [3.8, 4) is 5.75 Å². The van der Waals surface area contributed by atoms with Crippen LogP contribution in [-0.2, 0) is 6.61 Å². The summed E-state index contributed by atoms with van der Waals surface area (Å²) in [7, 11) is 0. The number of hydrogen-bond acceptors (Lipinski definition) is 5. The Kier molecular flexibility index (Phi) is 7.33. The molecule has 0 aliphatic heterocycles. The minimum absolute atomic E-state index is 0.0796. The first-order chi connectivity index (χ1) is 15.3. The van der Waals surface area contributed by atoms with Crippen molar-refractivity contribution in [3.63, 3.8) is 0 Å². The van der Waals surface area contributed by atoms with Crippen molar-refractivity contribution in [1.29, 1.82) is 0 Å². The van der Waals surface area contributed by atoms with Gasteiger partial charge >= 0.3 is 0 Å². The molecule has 7 heteroatoms. The summed E-state index contributed by atoms with van der Waals surface area (Å²) in [5, 5.41) is 14.9. The number of nitro benzene ring substituents is 1. The number of ether oxygens (including phenoxy) is 1. The zero-order valence-electron chi connectivity index (χ0n) is 18.2. The molecule has 32 heavy (non-hydrogen) atoms. The largest absolute Gasteiger partial charge is 0.489 e. The molecule has 0 heterocycles. The fourth-order valence-corrected chi connectivity index (χ4v) is 3.14. The first kappa shape index (κ1) is 22.7. The second kappa shape index (κ2) is 10.3. The van der Waals surface area contributed by atoms with E-state index in [4.69, 9.17) is 4.74 Å². The molecule has 3 rings (SSSR count). The van der Waals surface area contributed by atoms with Gasteiger partial charge in [-0.2, -0.15) is 5.10 Å². The molecule has 0 atom stereocenters. The summed E-state index contributed by atoms with van der Waals surface area (Å²) in [6.07, 6.45) is 1.26. The lowest BCUT2D eigenvalue weighted by molar-refractivity contribution is -0.385. The number of benzene rings is 3. The summed E-state index contributed by atoms with van der Waals surface area (Å²) in [5.41, 5.74) is 6.27. The molecule has 164 valence electrons. The van der Waals surface area contributed by atoms with Gasteiger partial charge < -0.3 is 4.74 Å². The van der Waals surface area contributed by atoms with E-state index in [1.54, 1.807) is 30.3 Å². The number of carbonyl (C=O) groups is 1. The first-order valence-corrected chi connectivity index (χ1v) is 10.2. The third-order valence-electron chi connectivity index (χ3n) is 4.90. The van der Waals surface area contributed by atoms with Gasteiger partial charge in [0.15, 0.2) is 0 Å². The molecule has 0 aliphatic carbocycles. The van der Waals surface area contributed by atoms with E-state index >= 15 is 0 Å². The molecule has 0 spiro atoms. The van der Waals surface area contributed by atoms with Gasteiger partial charge in [0.1, 0.15) is 12.4 Å². The Labute approximate surface area is 186 Å². The SMILES string of the molecule is Cc1ccc(C(C)C)c(OCc2ccc(C(=O)NN=Cc3ccccc3[N+](=O)[O-])cc2)c1. The highest BCUT2D eigenvalue weighted by Gasteiger charge is 2.11. The monoisotopic (exact) mass is 431 g/mol. The van der Waals surface area contributed by atoms with E-state index in [9.17, 15) is 14.9 Å². The number of hydrogen-bond donors (Lipinski definition) is 1. The van der Waals surface area contributed by atoms with Crippen LogP contribution in [0, 0.1) is 17.0 Å². The Morgan fingerprint density at radius 3 is 2.53 bits per heavy atom. The summed E-state index contributed by atoms with van der Waals surface area (Å²) >= 11 is 0. The van der Waals surface area contributed by atoms with Gasteiger partial charge in [-0.1, -0.05) is 50.2 Å². The minimum Gasteiger partial charge on any atom is -0.489 e. The maximum atomic E-state index is 12.3. The summed E-state index contributed by atoms with van der Waals surface area (Å²) in [4.78, 5) is 22.8. The Morgan fingerprint density at radius 2 is 1.84 bits per heavy atom. The van der Waals surface area contributed by atoms with Crippen LogP contribution in [0.25, 0.3) is 0 Å². The molecule has 0 aliphatic rings. The number of carbonyl (C=O) groups excluding carboxylic acids is 1. The van der Waals surface area contributed by atoms with Crippen LogP contribution < -0.4 is 10.2 Å². The molecule has 0 saturated heterocycles. The number of rotatable bonds is 8. The lowest BCUT2D eigenvalue weighted by Gasteiger charge is -2.15. The average molecular weight is 431 g/mol. The fraction of sp³-hybridized carbons (Fsp3) is 0.200. The highest BCUT2D eigenvalue weighted by Crippen LogP contribution is 2.28. The molecule has 0 bridgehead atoms. The van der Waals surface area contributed by atoms with Gasteiger partial charge in [0.05, 0.1) is 16.7 Å². The molecular formula is C25H25N3O4. The Bertz CT molecular complexity index is 1140. The van der Waals surface area contributed by atoms with E-state index in [-0.39, 0.29) is 5.69 Å². The highest BCUT2D eigenvalue weighted by atomic mass is 16.6. The van der Waals surface area contributed by atoms with Gasteiger partial charge in [-0.25, -0.2) is 5.43 Å². The van der Waals surface area contributed by atoms with Gasteiger partial charge in [0.2, 0.25) is 0 Å². The third kappa shape index (κ3) is 5.78. The zero-order chi connectivity index (χ0) is 23.1. The second-order valence-electron chi connectivity index (χ2n) is 7.70. The fourth-order valence-electron chi connectivity index (χ4n) is 3.14. The maximum absolute atomic E-state index is 12.3. The molecule has 0 radical (unpaired) electrons. The van der Waals surface area contributed by atoms with Crippen LogP contribution in [0.5, 0.6) is 5.75 Å². The predicted molar refractivity (Wildman–Crippen MR) is 124 cm³/mol. The van der Waals surface area contributed by atoms with Crippen LogP contribution in [0.3, 0.4) is 0 Å². The van der Waals surface area contributed by atoms with Crippen LogP contribution >= 0.6 is 0 Å². The van der Waals surface area contributed by atoms with Crippen molar-refractivity contribution in [3.05, 3.63) is 105 Å². The topological polar surface area (TPSA) is 93.8 Å². The average Bonchev–Trinajstić information content (AvgIpc) is 2.78. The van der Waals surface area contributed by atoms with Gasteiger partial charge in [0.25, 0.3) is 11.6 Å². The van der Waals surface area contributed by atoms with Crippen LogP contribution in [0.15, 0.2) is 71.8 Å².